The van der Waals surface area contributed by atoms with Gasteiger partial charge in [-0.2, -0.15) is 17.6 Å². The number of hydrogen-bond donors (Lipinski definition) is 0. The Labute approximate surface area is 76.7 Å². The first-order valence-corrected chi connectivity index (χ1v) is 3.61. The monoisotopic (exact) mass is 208 g/mol. The van der Waals surface area contributed by atoms with Gasteiger partial charge in [-0.15, -0.1) is 0 Å². The molecule has 14 heavy (non-hydrogen) atoms. The maximum absolute atomic E-state index is 12.8. The van der Waals surface area contributed by atoms with Crippen molar-refractivity contribution >= 4 is 5.83 Å². The van der Waals surface area contributed by atoms with Crippen molar-refractivity contribution in [2.75, 3.05) is 0 Å². The molecule has 0 atom stereocenters. The molecular weight excluding hydrogens is 203 g/mol. The van der Waals surface area contributed by atoms with Crippen molar-refractivity contribution in [3.8, 4) is 0 Å². The van der Waals surface area contributed by atoms with Crippen LogP contribution in [0.1, 0.15) is 5.56 Å². The van der Waals surface area contributed by atoms with Crippen LogP contribution in [-0.2, 0) is 0 Å². The molecule has 0 amide bonds. The molecule has 1 aromatic rings. The zero-order valence-corrected chi connectivity index (χ0v) is 6.78. The summed E-state index contributed by atoms with van der Waals surface area (Å²) in [7, 11) is 0. The van der Waals surface area contributed by atoms with Crippen LogP contribution in [0.25, 0.3) is 5.83 Å². The molecule has 0 unspecified atom stereocenters. The number of benzene rings is 1. The third-order valence-corrected chi connectivity index (χ3v) is 1.47. The lowest BCUT2D eigenvalue weighted by Gasteiger charge is -2.04. The summed E-state index contributed by atoms with van der Waals surface area (Å²) >= 11 is 0. The van der Waals surface area contributed by atoms with E-state index in [-0.39, 0.29) is 0 Å². The molecule has 0 aliphatic rings. The number of allylic oxidation sites excluding steroid dienone is 1. The van der Waals surface area contributed by atoms with E-state index >= 15 is 0 Å². The summed E-state index contributed by atoms with van der Waals surface area (Å²) in [4.78, 5) is 0. The average molecular weight is 208 g/mol. The summed E-state index contributed by atoms with van der Waals surface area (Å²) in [6.07, 6.45) is -5.28. The lowest BCUT2D eigenvalue weighted by atomic mass is 10.2. The fourth-order valence-electron chi connectivity index (χ4n) is 0.836. The first kappa shape index (κ1) is 10.7. The number of hydrogen-bond acceptors (Lipinski definition) is 0. The largest absolute Gasteiger partial charge is 0.445 e. The Hall–Kier alpha value is -1.39. The molecular formula is C9H5F5. The Balaban J connectivity index is 3.12. The highest BCUT2D eigenvalue weighted by atomic mass is 19.4. The number of rotatable bonds is 1. The van der Waals surface area contributed by atoms with E-state index < -0.39 is 23.4 Å². The van der Waals surface area contributed by atoms with Crippen molar-refractivity contribution in [3.63, 3.8) is 0 Å². The molecule has 5 heteroatoms. The first-order chi connectivity index (χ1) is 6.43. The first-order valence-electron chi connectivity index (χ1n) is 3.61. The normalized spacial score (nSPS) is 13.8. The molecule has 0 aliphatic heterocycles. The SMILES string of the molecule is F/C(=C(\F)C(F)(F)F)c1ccccc1. The molecule has 0 spiro atoms. The van der Waals surface area contributed by atoms with Crippen molar-refractivity contribution in [2.24, 2.45) is 0 Å². The van der Waals surface area contributed by atoms with Crippen molar-refractivity contribution in [1.29, 1.82) is 0 Å². The van der Waals surface area contributed by atoms with Crippen LogP contribution in [0.4, 0.5) is 22.0 Å². The van der Waals surface area contributed by atoms with Gasteiger partial charge < -0.3 is 0 Å². The van der Waals surface area contributed by atoms with Gasteiger partial charge in [0.25, 0.3) is 0 Å². The van der Waals surface area contributed by atoms with E-state index in [0.29, 0.717) is 0 Å². The second-order valence-corrected chi connectivity index (χ2v) is 2.49. The van der Waals surface area contributed by atoms with E-state index in [9.17, 15) is 22.0 Å². The van der Waals surface area contributed by atoms with E-state index in [1.54, 1.807) is 0 Å². The quantitative estimate of drug-likeness (QED) is 0.615. The van der Waals surface area contributed by atoms with Gasteiger partial charge in [-0.05, 0) is 0 Å². The van der Waals surface area contributed by atoms with E-state index in [0.717, 1.165) is 12.1 Å². The van der Waals surface area contributed by atoms with Gasteiger partial charge in [-0.25, -0.2) is 4.39 Å². The molecule has 0 aliphatic carbocycles. The predicted molar refractivity (Wildman–Crippen MR) is 41.6 cm³/mol. The summed E-state index contributed by atoms with van der Waals surface area (Å²) < 4.78 is 60.3. The average Bonchev–Trinajstić information content (AvgIpc) is 2.15. The Morgan fingerprint density at radius 3 is 1.86 bits per heavy atom. The maximum Gasteiger partial charge on any atom is 0.445 e. The number of alkyl halides is 3. The van der Waals surface area contributed by atoms with Gasteiger partial charge in [-0.3, -0.25) is 0 Å². The molecule has 0 saturated heterocycles. The van der Waals surface area contributed by atoms with E-state index in [1.807, 2.05) is 0 Å². The summed E-state index contributed by atoms with van der Waals surface area (Å²) in [5.74, 6) is -4.60. The van der Waals surface area contributed by atoms with Crippen LogP contribution in [0.15, 0.2) is 36.2 Å². The summed E-state index contributed by atoms with van der Waals surface area (Å²) in [6.45, 7) is 0. The van der Waals surface area contributed by atoms with Gasteiger partial charge >= 0.3 is 6.18 Å². The number of halogens is 5. The molecule has 0 aromatic heterocycles. The summed E-state index contributed by atoms with van der Waals surface area (Å²) in [5.41, 5.74) is -0.428. The minimum atomic E-state index is -5.28. The standard InChI is InChI=1S/C9H5F5/c10-7(8(11)9(12,13)14)6-4-2-1-3-5-6/h1-5H/b8-7-. The molecule has 0 fully saturated rings. The predicted octanol–water partition coefficient (Wildman–Crippen LogP) is 3.86. The van der Waals surface area contributed by atoms with E-state index in [4.69, 9.17) is 0 Å². The molecule has 0 bridgehead atoms. The molecule has 0 N–H and O–H groups in total. The lowest BCUT2D eigenvalue weighted by molar-refractivity contribution is -0.108. The van der Waals surface area contributed by atoms with Crippen molar-refractivity contribution < 1.29 is 22.0 Å². The summed E-state index contributed by atoms with van der Waals surface area (Å²) in [5, 5.41) is 0. The third kappa shape index (κ3) is 2.31. The highest BCUT2D eigenvalue weighted by molar-refractivity contribution is 5.61. The highest BCUT2D eigenvalue weighted by Crippen LogP contribution is 2.33. The van der Waals surface area contributed by atoms with Crippen molar-refractivity contribution in [3.05, 3.63) is 41.7 Å². The Bertz CT molecular complexity index is 336. The van der Waals surface area contributed by atoms with Gasteiger partial charge in [0.05, 0.1) is 0 Å². The zero-order valence-electron chi connectivity index (χ0n) is 6.78. The molecule has 76 valence electrons. The molecule has 0 heterocycles. The van der Waals surface area contributed by atoms with Crippen LogP contribution in [0.3, 0.4) is 0 Å². The van der Waals surface area contributed by atoms with Crippen LogP contribution in [0.2, 0.25) is 0 Å². The minimum Gasteiger partial charge on any atom is -0.203 e. The van der Waals surface area contributed by atoms with Crippen molar-refractivity contribution in [2.45, 2.75) is 6.18 Å². The fraction of sp³-hybridized carbons (Fsp3) is 0.111. The Morgan fingerprint density at radius 1 is 0.929 bits per heavy atom. The van der Waals surface area contributed by atoms with Crippen LogP contribution >= 0.6 is 0 Å². The van der Waals surface area contributed by atoms with Crippen LogP contribution in [0.5, 0.6) is 0 Å². The van der Waals surface area contributed by atoms with E-state index in [1.165, 1.54) is 18.2 Å². The minimum absolute atomic E-state index is 0.428. The summed E-state index contributed by atoms with van der Waals surface area (Å²) in [6, 6.07) is 6.24. The van der Waals surface area contributed by atoms with Gasteiger partial charge in [0.1, 0.15) is 0 Å². The molecule has 1 rings (SSSR count). The van der Waals surface area contributed by atoms with Gasteiger partial charge in [0.15, 0.2) is 5.83 Å². The topological polar surface area (TPSA) is 0 Å². The Morgan fingerprint density at radius 2 is 1.43 bits per heavy atom. The maximum atomic E-state index is 12.8. The molecule has 1 aromatic carbocycles. The highest BCUT2D eigenvalue weighted by Gasteiger charge is 2.38. The fourth-order valence-corrected chi connectivity index (χ4v) is 0.836. The van der Waals surface area contributed by atoms with Crippen molar-refractivity contribution in [1.82, 2.24) is 0 Å². The van der Waals surface area contributed by atoms with Gasteiger partial charge in [0.2, 0.25) is 5.83 Å². The third-order valence-electron chi connectivity index (χ3n) is 1.47. The van der Waals surface area contributed by atoms with Crippen LogP contribution in [0, 0.1) is 0 Å². The smallest absolute Gasteiger partial charge is 0.203 e. The van der Waals surface area contributed by atoms with E-state index in [2.05, 4.69) is 0 Å². The second kappa shape index (κ2) is 3.77. The lowest BCUT2D eigenvalue weighted by Crippen LogP contribution is -2.09. The molecule has 0 radical (unpaired) electrons. The van der Waals surface area contributed by atoms with Gasteiger partial charge in [-0.1, -0.05) is 30.3 Å². The van der Waals surface area contributed by atoms with Crippen LogP contribution in [-0.4, -0.2) is 6.18 Å². The zero-order chi connectivity index (χ0) is 10.8. The molecule has 0 saturated carbocycles. The molecule has 0 nitrogen and oxygen atoms in total. The Kier molecular flexibility index (Phi) is 2.88. The van der Waals surface area contributed by atoms with Gasteiger partial charge in [0, 0.05) is 5.56 Å². The second-order valence-electron chi connectivity index (χ2n) is 2.49. The van der Waals surface area contributed by atoms with Crippen LogP contribution < -0.4 is 0 Å².